The fourth-order valence-electron chi connectivity index (χ4n) is 1.91. The maximum Gasteiger partial charge on any atom is 0.329 e. The molecule has 0 spiro atoms. The van der Waals surface area contributed by atoms with Gasteiger partial charge >= 0.3 is 5.97 Å². The average Bonchev–Trinajstić information content (AvgIpc) is 2.54. The monoisotopic (exact) mass is 353 g/mol. The Labute approximate surface area is 145 Å². The maximum atomic E-state index is 11.2. The van der Waals surface area contributed by atoms with Gasteiger partial charge in [0.15, 0.2) is 0 Å². The molecule has 0 aliphatic heterocycles. The van der Waals surface area contributed by atoms with Gasteiger partial charge in [-0.1, -0.05) is 29.8 Å². The van der Waals surface area contributed by atoms with Crippen molar-refractivity contribution in [3.05, 3.63) is 59.6 Å². The van der Waals surface area contributed by atoms with E-state index in [-0.39, 0.29) is 18.6 Å². The lowest BCUT2D eigenvalue weighted by atomic mass is 10.3. The van der Waals surface area contributed by atoms with Crippen molar-refractivity contribution in [2.24, 2.45) is 0 Å². The fraction of sp³-hybridized carbons (Fsp3) is 0.235. The number of carbonyl (C=O) groups is 1. The van der Waals surface area contributed by atoms with Crippen LogP contribution in [0.1, 0.15) is 6.92 Å². The molecule has 24 heavy (non-hydrogen) atoms. The van der Waals surface area contributed by atoms with Gasteiger partial charge in [-0.3, -0.25) is 4.79 Å². The number of hydroxylamine groups is 1. The van der Waals surface area contributed by atoms with Crippen molar-refractivity contribution in [1.29, 1.82) is 0 Å². The van der Waals surface area contributed by atoms with Crippen molar-refractivity contribution < 1.29 is 25.0 Å². The predicted molar refractivity (Wildman–Crippen MR) is 92.1 cm³/mol. The van der Waals surface area contributed by atoms with Crippen LogP contribution in [0.3, 0.4) is 0 Å². The molecule has 2 rings (SSSR count). The highest BCUT2D eigenvalue weighted by Gasteiger charge is 2.16. The van der Waals surface area contributed by atoms with Gasteiger partial charge in [0.05, 0.1) is 12.2 Å². The second-order valence-corrected chi connectivity index (χ2v) is 5.33. The van der Waals surface area contributed by atoms with Crippen LogP contribution >= 0.6 is 11.6 Å². The van der Waals surface area contributed by atoms with Crippen LogP contribution in [-0.4, -0.2) is 35.8 Å². The minimum atomic E-state index is -0.842. The number of rotatable bonds is 7. The second-order valence-electron chi connectivity index (χ2n) is 4.90. The first-order chi connectivity index (χ1) is 11.0. The van der Waals surface area contributed by atoms with Crippen LogP contribution in [0, 0.1) is 0 Å². The first kappa shape index (κ1) is 19.8. The fourth-order valence-corrected chi connectivity index (χ4v) is 2.04. The highest BCUT2D eigenvalue weighted by atomic mass is 35.5. The number of aliphatic hydroxyl groups excluding tert-OH is 1. The van der Waals surface area contributed by atoms with Gasteiger partial charge in [-0.15, -0.1) is 0 Å². The Morgan fingerprint density at radius 2 is 1.79 bits per heavy atom. The van der Waals surface area contributed by atoms with Crippen molar-refractivity contribution in [1.82, 2.24) is 0 Å². The summed E-state index contributed by atoms with van der Waals surface area (Å²) in [7, 11) is 0. The quantitative estimate of drug-likeness (QED) is 0.771. The minimum absolute atomic E-state index is 0. The van der Waals surface area contributed by atoms with Crippen LogP contribution in [-0.2, 0) is 9.63 Å². The van der Waals surface area contributed by atoms with Crippen LogP contribution < -0.4 is 9.80 Å². The zero-order valence-corrected chi connectivity index (χ0v) is 13.9. The number of carbonyl (C=O) groups excluding carboxylic acids is 1. The summed E-state index contributed by atoms with van der Waals surface area (Å²) in [5.74, 6) is 0.145. The zero-order chi connectivity index (χ0) is 16.7. The highest BCUT2D eigenvalue weighted by molar-refractivity contribution is 6.30. The molecule has 6 nitrogen and oxygen atoms in total. The lowest BCUT2D eigenvalue weighted by molar-refractivity contribution is -0.143. The van der Waals surface area contributed by atoms with E-state index in [1.165, 1.54) is 12.0 Å². The Morgan fingerprint density at radius 1 is 1.17 bits per heavy atom. The number of hydrogen-bond donors (Lipinski definition) is 1. The molecule has 0 saturated heterocycles. The van der Waals surface area contributed by atoms with Crippen molar-refractivity contribution in [2.45, 2.75) is 13.0 Å². The first-order valence-corrected chi connectivity index (χ1v) is 7.50. The second kappa shape index (κ2) is 9.77. The number of halogens is 1. The van der Waals surface area contributed by atoms with Crippen LogP contribution in [0.15, 0.2) is 54.6 Å². The van der Waals surface area contributed by atoms with Crippen LogP contribution in [0.2, 0.25) is 5.02 Å². The Balaban J connectivity index is 0.00000288. The summed E-state index contributed by atoms with van der Waals surface area (Å²) in [6.07, 6.45) is -0.842. The number of nitrogens with zero attached hydrogens (tertiary/aromatic N) is 1. The number of aliphatic hydroxyl groups is 1. The molecule has 2 aromatic carbocycles. The maximum absolute atomic E-state index is 11.2. The molecular formula is C17H20ClNO5. The molecule has 1 unspecified atom stereocenters. The molecule has 0 fully saturated rings. The molecule has 3 N–H and O–H groups in total. The number of para-hydroxylation sites is 1. The molecule has 0 amide bonds. The number of anilines is 1. The van der Waals surface area contributed by atoms with E-state index < -0.39 is 12.1 Å². The molecule has 1 atom stereocenters. The summed E-state index contributed by atoms with van der Waals surface area (Å²) in [6, 6.07) is 15.9. The van der Waals surface area contributed by atoms with Crippen LogP contribution in [0.5, 0.6) is 5.75 Å². The van der Waals surface area contributed by atoms with Crippen molar-refractivity contribution >= 4 is 23.3 Å². The Hall–Kier alpha value is -2.28. The summed E-state index contributed by atoms with van der Waals surface area (Å²) in [4.78, 5) is 16.4. The smallest absolute Gasteiger partial charge is 0.329 e. The van der Waals surface area contributed by atoms with Gasteiger partial charge < -0.3 is 20.2 Å². The lowest BCUT2D eigenvalue weighted by Gasteiger charge is -2.25. The summed E-state index contributed by atoms with van der Waals surface area (Å²) in [5, 5.41) is 12.1. The topological polar surface area (TPSA) is 90.5 Å². The van der Waals surface area contributed by atoms with E-state index in [4.69, 9.17) is 21.2 Å². The summed E-state index contributed by atoms with van der Waals surface area (Å²) in [6.45, 7) is 1.47. The molecule has 0 radical (unpaired) electrons. The van der Waals surface area contributed by atoms with E-state index >= 15 is 0 Å². The predicted octanol–water partition coefficient (Wildman–Crippen LogP) is 2.24. The van der Waals surface area contributed by atoms with Gasteiger partial charge in [0.25, 0.3) is 0 Å². The van der Waals surface area contributed by atoms with Crippen molar-refractivity contribution in [3.63, 3.8) is 0 Å². The van der Waals surface area contributed by atoms with Crippen molar-refractivity contribution in [2.75, 3.05) is 18.2 Å². The number of hydrogen-bond acceptors (Lipinski definition) is 5. The van der Waals surface area contributed by atoms with E-state index in [2.05, 4.69) is 0 Å². The molecule has 0 heterocycles. The Kier molecular flexibility index (Phi) is 8.05. The Bertz CT molecular complexity index is 621. The third-order valence-corrected chi connectivity index (χ3v) is 3.17. The lowest BCUT2D eigenvalue weighted by Crippen LogP contribution is -2.36. The third-order valence-electron chi connectivity index (χ3n) is 2.92. The molecule has 0 aliphatic rings. The largest absolute Gasteiger partial charge is 0.491 e. The highest BCUT2D eigenvalue weighted by Crippen LogP contribution is 2.17. The van der Waals surface area contributed by atoms with Crippen LogP contribution in [0.25, 0.3) is 0 Å². The number of benzene rings is 2. The van der Waals surface area contributed by atoms with E-state index in [1.54, 1.807) is 36.4 Å². The minimum Gasteiger partial charge on any atom is -0.491 e. The van der Waals surface area contributed by atoms with Gasteiger partial charge in [0, 0.05) is 11.9 Å². The Morgan fingerprint density at radius 3 is 2.38 bits per heavy atom. The molecule has 7 heteroatoms. The average molecular weight is 354 g/mol. The normalized spacial score (nSPS) is 11.1. The van der Waals surface area contributed by atoms with E-state index in [0.717, 1.165) is 0 Å². The molecule has 2 aromatic rings. The molecule has 0 bridgehead atoms. The van der Waals surface area contributed by atoms with E-state index in [1.807, 2.05) is 18.2 Å². The molecule has 130 valence electrons. The summed E-state index contributed by atoms with van der Waals surface area (Å²) >= 11 is 5.80. The van der Waals surface area contributed by atoms with Gasteiger partial charge in [-0.2, -0.15) is 0 Å². The van der Waals surface area contributed by atoms with E-state index in [9.17, 15) is 9.90 Å². The van der Waals surface area contributed by atoms with Gasteiger partial charge in [-0.05, 0) is 36.4 Å². The summed E-state index contributed by atoms with van der Waals surface area (Å²) < 4.78 is 5.49. The summed E-state index contributed by atoms with van der Waals surface area (Å²) in [5.41, 5.74) is 0.674. The molecular weight excluding hydrogens is 334 g/mol. The van der Waals surface area contributed by atoms with Crippen LogP contribution in [0.4, 0.5) is 5.69 Å². The van der Waals surface area contributed by atoms with Gasteiger partial charge in [-0.25, -0.2) is 5.06 Å². The van der Waals surface area contributed by atoms with E-state index in [0.29, 0.717) is 16.5 Å². The first-order valence-electron chi connectivity index (χ1n) is 7.12. The standard InChI is InChI=1S/C17H18ClNO4.H2O/c1-13(20)23-19(15-5-3-2-4-6-15)11-16(21)12-22-17-9-7-14(18)8-10-17;/h2-10,16,21H,11-12H2,1H3;1H2. The molecule has 0 saturated carbocycles. The molecule has 0 aliphatic carbocycles. The molecule has 0 aromatic heterocycles. The zero-order valence-electron chi connectivity index (χ0n) is 13.2. The van der Waals surface area contributed by atoms with Crippen molar-refractivity contribution in [3.8, 4) is 5.75 Å². The van der Waals surface area contributed by atoms with Gasteiger partial charge in [0.1, 0.15) is 18.5 Å². The van der Waals surface area contributed by atoms with Gasteiger partial charge in [0.2, 0.25) is 0 Å². The third kappa shape index (κ3) is 6.45. The number of ether oxygens (including phenoxy) is 1. The SMILES string of the molecule is CC(=O)ON(CC(O)COc1ccc(Cl)cc1)c1ccccc1.O.